The largest absolute Gasteiger partial charge is 0.508 e. The van der Waals surface area contributed by atoms with Crippen molar-refractivity contribution >= 4 is 33.5 Å². The molecule has 2 rings (SSSR count). The minimum Gasteiger partial charge on any atom is -0.508 e. The quantitative estimate of drug-likeness (QED) is 0.792. The third-order valence-corrected chi connectivity index (χ3v) is 3.69. The maximum atomic E-state index is 12.3. The van der Waals surface area contributed by atoms with Crippen LogP contribution in [0.5, 0.6) is 5.75 Å². The number of phenolic OH excluding ortho intramolecular Hbond substituents is 1. The molecule has 0 aliphatic rings. The number of rotatable bonds is 3. The Morgan fingerprint density at radius 3 is 2.38 bits per heavy atom. The van der Waals surface area contributed by atoms with Crippen LogP contribution in [-0.4, -0.2) is 22.1 Å². The summed E-state index contributed by atoms with van der Waals surface area (Å²) in [6, 6.07) is 9.20. The van der Waals surface area contributed by atoms with Gasteiger partial charge in [-0.05, 0) is 47.1 Å². The summed E-state index contributed by atoms with van der Waals surface area (Å²) < 4.78 is 0.466. The molecule has 108 valence electrons. The molecule has 3 N–H and O–H groups in total. The van der Waals surface area contributed by atoms with Crippen molar-refractivity contribution in [2.24, 2.45) is 0 Å². The number of hydrogen-bond acceptors (Lipinski definition) is 3. The zero-order valence-corrected chi connectivity index (χ0v) is 12.6. The molecule has 0 radical (unpaired) electrons. The van der Waals surface area contributed by atoms with Crippen molar-refractivity contribution in [1.29, 1.82) is 0 Å². The second kappa shape index (κ2) is 5.97. The molecule has 6 heteroatoms. The monoisotopic (exact) mass is 349 g/mol. The number of para-hydroxylation sites is 1. The van der Waals surface area contributed by atoms with Gasteiger partial charge in [-0.15, -0.1) is 0 Å². The maximum absolute atomic E-state index is 12.3. The first-order chi connectivity index (χ1) is 9.91. The smallest absolute Gasteiger partial charge is 0.337 e. The highest BCUT2D eigenvalue weighted by molar-refractivity contribution is 9.10. The van der Waals surface area contributed by atoms with Crippen LogP contribution in [0.1, 0.15) is 26.3 Å². The SMILES string of the molecule is Cc1c(O)cccc1C(=O)Nc1c(Br)cccc1C(=O)O. The zero-order chi connectivity index (χ0) is 15.6. The lowest BCUT2D eigenvalue weighted by molar-refractivity contribution is 0.0698. The lowest BCUT2D eigenvalue weighted by Crippen LogP contribution is -2.16. The van der Waals surface area contributed by atoms with Crippen LogP contribution in [0.2, 0.25) is 0 Å². The molecule has 0 atom stereocenters. The molecule has 2 aromatic rings. The molecular weight excluding hydrogens is 338 g/mol. The molecule has 1 amide bonds. The van der Waals surface area contributed by atoms with Gasteiger partial charge in [-0.25, -0.2) is 4.79 Å². The summed E-state index contributed by atoms with van der Waals surface area (Å²) in [5, 5.41) is 21.4. The van der Waals surface area contributed by atoms with Crippen LogP contribution >= 0.6 is 15.9 Å². The second-order valence-electron chi connectivity index (χ2n) is 4.37. The molecule has 0 bridgehead atoms. The molecule has 5 nitrogen and oxygen atoms in total. The minimum absolute atomic E-state index is 0.00763. The third-order valence-electron chi connectivity index (χ3n) is 3.03. The van der Waals surface area contributed by atoms with E-state index in [1.54, 1.807) is 31.2 Å². The number of phenols is 1. The number of hydrogen-bond donors (Lipinski definition) is 3. The number of aromatic carboxylic acids is 1. The topological polar surface area (TPSA) is 86.6 Å². The highest BCUT2D eigenvalue weighted by Crippen LogP contribution is 2.28. The molecular formula is C15H12BrNO4. The van der Waals surface area contributed by atoms with Crippen molar-refractivity contribution in [2.75, 3.05) is 5.32 Å². The number of halogens is 1. The summed E-state index contributed by atoms with van der Waals surface area (Å²) in [6.45, 7) is 1.61. The Morgan fingerprint density at radius 1 is 1.10 bits per heavy atom. The summed E-state index contributed by atoms with van der Waals surface area (Å²) >= 11 is 3.22. The number of carboxylic acid groups (broad SMARTS) is 1. The zero-order valence-electron chi connectivity index (χ0n) is 11.1. The number of aromatic hydroxyl groups is 1. The van der Waals surface area contributed by atoms with Crippen molar-refractivity contribution in [1.82, 2.24) is 0 Å². The van der Waals surface area contributed by atoms with Gasteiger partial charge < -0.3 is 15.5 Å². The van der Waals surface area contributed by atoms with Gasteiger partial charge in [0.05, 0.1) is 11.3 Å². The second-order valence-corrected chi connectivity index (χ2v) is 5.23. The molecule has 0 saturated carbocycles. The Balaban J connectivity index is 2.41. The predicted molar refractivity (Wildman–Crippen MR) is 81.9 cm³/mol. The van der Waals surface area contributed by atoms with Gasteiger partial charge in [0.2, 0.25) is 0 Å². The first-order valence-electron chi connectivity index (χ1n) is 6.03. The van der Waals surface area contributed by atoms with E-state index in [9.17, 15) is 14.7 Å². The molecule has 0 aromatic heterocycles. The van der Waals surface area contributed by atoms with E-state index in [0.717, 1.165) is 0 Å². The van der Waals surface area contributed by atoms with Gasteiger partial charge in [-0.1, -0.05) is 12.1 Å². The fraction of sp³-hybridized carbons (Fsp3) is 0.0667. The van der Waals surface area contributed by atoms with E-state index in [0.29, 0.717) is 10.0 Å². The fourth-order valence-electron chi connectivity index (χ4n) is 1.88. The average Bonchev–Trinajstić information content (AvgIpc) is 2.43. The van der Waals surface area contributed by atoms with Crippen LogP contribution in [0.25, 0.3) is 0 Å². The number of carboxylic acids is 1. The van der Waals surface area contributed by atoms with E-state index < -0.39 is 11.9 Å². The maximum Gasteiger partial charge on any atom is 0.337 e. The fourth-order valence-corrected chi connectivity index (χ4v) is 2.35. The lowest BCUT2D eigenvalue weighted by Gasteiger charge is -2.12. The molecule has 2 aromatic carbocycles. The Bertz CT molecular complexity index is 728. The van der Waals surface area contributed by atoms with Gasteiger partial charge in [0.1, 0.15) is 5.75 Å². The third kappa shape index (κ3) is 3.05. The van der Waals surface area contributed by atoms with Crippen LogP contribution in [0.15, 0.2) is 40.9 Å². The summed E-state index contributed by atoms with van der Waals surface area (Å²) in [6.07, 6.45) is 0. The molecule has 0 fully saturated rings. The van der Waals surface area contributed by atoms with Gasteiger partial charge in [-0.3, -0.25) is 4.79 Å². The number of nitrogens with one attached hydrogen (secondary N) is 1. The van der Waals surface area contributed by atoms with Gasteiger partial charge in [-0.2, -0.15) is 0 Å². The first kappa shape index (κ1) is 15.1. The van der Waals surface area contributed by atoms with Crippen LogP contribution in [0.4, 0.5) is 5.69 Å². The number of amides is 1. The van der Waals surface area contributed by atoms with Gasteiger partial charge in [0.15, 0.2) is 0 Å². The van der Waals surface area contributed by atoms with Crippen LogP contribution < -0.4 is 5.32 Å². The summed E-state index contributed by atoms with van der Waals surface area (Å²) in [4.78, 5) is 23.5. The van der Waals surface area contributed by atoms with E-state index >= 15 is 0 Å². The number of carbonyl (C=O) groups is 2. The number of carbonyl (C=O) groups excluding carboxylic acids is 1. The van der Waals surface area contributed by atoms with Crippen LogP contribution in [0.3, 0.4) is 0 Å². The normalized spacial score (nSPS) is 10.2. The molecule has 0 unspecified atom stereocenters. The summed E-state index contributed by atoms with van der Waals surface area (Å²) in [5.74, 6) is -1.62. The number of anilines is 1. The van der Waals surface area contributed by atoms with Crippen LogP contribution in [-0.2, 0) is 0 Å². The van der Waals surface area contributed by atoms with E-state index in [1.165, 1.54) is 12.1 Å². The van der Waals surface area contributed by atoms with E-state index in [4.69, 9.17) is 5.11 Å². The summed E-state index contributed by atoms with van der Waals surface area (Å²) in [7, 11) is 0. The molecule has 0 saturated heterocycles. The molecule has 0 aliphatic carbocycles. The van der Waals surface area contributed by atoms with Crippen molar-refractivity contribution in [3.63, 3.8) is 0 Å². The van der Waals surface area contributed by atoms with E-state index in [2.05, 4.69) is 21.2 Å². The van der Waals surface area contributed by atoms with Crippen molar-refractivity contribution in [3.8, 4) is 5.75 Å². The first-order valence-corrected chi connectivity index (χ1v) is 6.83. The standard InChI is InChI=1S/C15H12BrNO4/c1-8-9(4-3-7-12(8)18)14(19)17-13-10(15(20)21)5-2-6-11(13)16/h2-7,18H,1H3,(H,17,19)(H,20,21). The van der Waals surface area contributed by atoms with E-state index in [-0.39, 0.29) is 22.6 Å². The van der Waals surface area contributed by atoms with E-state index in [1.807, 2.05) is 0 Å². The van der Waals surface area contributed by atoms with Crippen molar-refractivity contribution in [2.45, 2.75) is 6.92 Å². The Morgan fingerprint density at radius 2 is 1.71 bits per heavy atom. The molecule has 0 heterocycles. The van der Waals surface area contributed by atoms with Crippen LogP contribution in [0, 0.1) is 6.92 Å². The predicted octanol–water partition coefficient (Wildman–Crippen LogP) is 3.41. The molecule has 0 spiro atoms. The lowest BCUT2D eigenvalue weighted by atomic mass is 10.1. The van der Waals surface area contributed by atoms with Gasteiger partial charge >= 0.3 is 5.97 Å². The molecule has 0 aliphatic heterocycles. The molecule has 21 heavy (non-hydrogen) atoms. The highest BCUT2D eigenvalue weighted by atomic mass is 79.9. The van der Waals surface area contributed by atoms with Crippen molar-refractivity contribution in [3.05, 3.63) is 57.6 Å². The highest BCUT2D eigenvalue weighted by Gasteiger charge is 2.17. The number of benzene rings is 2. The van der Waals surface area contributed by atoms with Gasteiger partial charge in [0, 0.05) is 15.6 Å². The Hall–Kier alpha value is -2.34. The average molecular weight is 350 g/mol. The minimum atomic E-state index is -1.14. The van der Waals surface area contributed by atoms with Gasteiger partial charge in [0.25, 0.3) is 5.91 Å². The Kier molecular flexibility index (Phi) is 4.28. The van der Waals surface area contributed by atoms with Crippen molar-refractivity contribution < 1.29 is 19.8 Å². The Labute approximate surface area is 129 Å². The summed E-state index contributed by atoms with van der Waals surface area (Å²) in [5.41, 5.74) is 0.870.